The zero-order chi connectivity index (χ0) is 89.7. The van der Waals surface area contributed by atoms with Gasteiger partial charge in [-0.05, 0) is 107 Å². The van der Waals surface area contributed by atoms with Gasteiger partial charge in [-0.25, -0.2) is 59.8 Å². The molecule has 21 aromatic rings. The normalized spacial score (nSPS) is 12.3. The number of nitrogens with zero attached hydrogens (tertiary/aromatic N) is 15. The van der Waals surface area contributed by atoms with E-state index in [-0.39, 0.29) is 5.41 Å². The Kier molecular flexibility index (Phi) is 22.3. The molecule has 0 fully saturated rings. The van der Waals surface area contributed by atoms with Gasteiger partial charge in [-0.1, -0.05) is 384 Å². The second-order valence-corrected chi connectivity index (χ2v) is 33.8. The quantitative estimate of drug-likeness (QED) is 0.0947. The molecule has 3 aliphatic heterocycles. The maximum absolute atomic E-state index is 6.31. The second kappa shape index (κ2) is 36.5. The fraction of sp³-hybridized carbons (Fsp3) is 0.0256. The highest BCUT2D eigenvalue weighted by atomic mass is 32.2. The van der Waals surface area contributed by atoms with Crippen molar-refractivity contribution in [2.24, 2.45) is 0 Å². The Morgan fingerprint density at radius 3 is 0.694 bits per heavy atom. The molecule has 0 saturated carbocycles. The molecule has 16 nitrogen and oxygen atoms in total. The summed E-state index contributed by atoms with van der Waals surface area (Å²) in [5.74, 6) is 8.99. The molecule has 6 aromatic heterocycles. The van der Waals surface area contributed by atoms with E-state index in [2.05, 4.69) is 180 Å². The van der Waals surface area contributed by atoms with Crippen LogP contribution < -0.4 is 19.4 Å². The minimum Gasteiger partial charge on any atom is -0.453 e. The summed E-state index contributed by atoms with van der Waals surface area (Å²) in [6.07, 6.45) is 5.81. The van der Waals surface area contributed by atoms with Crippen molar-refractivity contribution in [1.82, 2.24) is 59.8 Å². The van der Waals surface area contributed by atoms with E-state index >= 15 is 0 Å². The summed E-state index contributed by atoms with van der Waals surface area (Å²) in [7, 11) is 0. The first kappa shape index (κ1) is 82.0. The monoisotopic (exact) mass is 1740 g/mol. The highest BCUT2D eigenvalue weighted by Gasteiger charge is 2.39. The lowest BCUT2D eigenvalue weighted by Gasteiger charge is -2.41. The maximum Gasteiger partial charge on any atom is 0.167 e. The van der Waals surface area contributed by atoms with E-state index in [1.165, 1.54) is 11.1 Å². The average Bonchev–Trinajstić information content (AvgIpc) is 0.717. The largest absolute Gasteiger partial charge is 0.453 e. The van der Waals surface area contributed by atoms with Crippen LogP contribution in [0.25, 0.3) is 136 Å². The predicted octanol–water partition coefficient (Wildman–Crippen LogP) is 29.4. The molecule has 134 heavy (non-hydrogen) atoms. The number of anilines is 9. The van der Waals surface area contributed by atoms with Gasteiger partial charge in [0.2, 0.25) is 0 Å². The zero-order valence-corrected chi connectivity index (χ0v) is 73.6. The molecular weight excluding hydrogens is 1660 g/mol. The Morgan fingerprint density at radius 1 is 0.201 bits per heavy atom. The first-order chi connectivity index (χ1) is 66.2. The predicted molar refractivity (Wildman–Crippen MR) is 538 cm³/mol. The van der Waals surface area contributed by atoms with Crippen LogP contribution in [0.5, 0.6) is 11.5 Å². The van der Waals surface area contributed by atoms with Crippen molar-refractivity contribution in [2.45, 2.75) is 29.1 Å². The molecule has 3 aliphatic rings. The summed E-state index contributed by atoms with van der Waals surface area (Å²) in [6.45, 7) is 4.58. The molecule has 0 N–H and O–H groups in total. The Labute approximate surface area is 780 Å². The lowest BCUT2D eigenvalue weighted by molar-refractivity contribution is 0.476. The molecule has 0 saturated heterocycles. The molecule has 24 rings (SSSR count). The Morgan fingerprint density at radius 2 is 0.410 bits per heavy atom. The van der Waals surface area contributed by atoms with Crippen molar-refractivity contribution < 1.29 is 4.74 Å². The summed E-state index contributed by atoms with van der Waals surface area (Å²) in [4.78, 5) is 70.0. The van der Waals surface area contributed by atoms with Gasteiger partial charge in [-0.15, -0.1) is 0 Å². The van der Waals surface area contributed by atoms with E-state index in [1.807, 2.05) is 304 Å². The van der Waals surface area contributed by atoms with Crippen LogP contribution in [0.15, 0.2) is 465 Å². The van der Waals surface area contributed by atoms with Crippen LogP contribution in [-0.4, -0.2) is 59.8 Å². The number of aromatic nitrogens is 12. The molecule has 0 radical (unpaired) electrons. The molecule has 0 spiro atoms. The average molecular weight is 1750 g/mol. The van der Waals surface area contributed by atoms with E-state index in [4.69, 9.17) is 64.5 Å². The van der Waals surface area contributed by atoms with Crippen LogP contribution in [-0.2, 0) is 5.41 Å². The van der Waals surface area contributed by atoms with Crippen molar-refractivity contribution in [3.05, 3.63) is 466 Å². The highest BCUT2D eigenvalue weighted by molar-refractivity contribution is 7.99. The van der Waals surface area contributed by atoms with Crippen molar-refractivity contribution in [2.75, 3.05) is 14.7 Å². The standard InChI is InChI=1S/C41H31N5.C38H25N5O.C38H25N5S/c1-41(2)33-22-12-14-24-35(33)46(36-25-15-13-23-34(36)41)40-32(26-31(27-42-40)28-16-6-3-7-17-28)39-44-37(29-18-8-4-9-19-29)43-38(45-39)30-20-10-5-11-21-30;2*1-4-14-26(15-5-1)29-24-30(37-41-35(27-16-6-2-7-17-27)40-36(42-37)28-18-8-3-9-19-28)38(39-25-29)43-31-20-10-12-22-33(31)44-34-23-13-11-21-32(34)43/h3-27H,1-2H3;2*1-25H. The number of rotatable bonds is 15. The Bertz CT molecular complexity index is 7230. The van der Waals surface area contributed by atoms with E-state index in [0.717, 1.165) is 151 Å². The number of fused-ring (bicyclic) bond motifs is 6. The third kappa shape index (κ3) is 16.4. The van der Waals surface area contributed by atoms with Crippen LogP contribution in [0.3, 0.4) is 0 Å². The van der Waals surface area contributed by atoms with Crippen LogP contribution in [0.4, 0.5) is 51.6 Å². The topological polar surface area (TPSA) is 174 Å². The molecule has 0 aliphatic carbocycles. The number of hydrogen-bond donors (Lipinski definition) is 0. The van der Waals surface area contributed by atoms with Gasteiger partial charge in [0, 0.05) is 83.9 Å². The summed E-state index contributed by atoms with van der Waals surface area (Å²) in [5, 5.41) is 0. The number of ether oxygens (including phenoxy) is 1. The SMILES string of the molecule is CC1(C)c2ccccc2N(c2ncc(-c3ccccc3)cc2-c2nc(-c3ccccc3)nc(-c3ccccc3)n2)c2ccccc21.c1ccc(-c2cnc(N3c4ccccc4Oc4ccccc43)c(-c3nc(-c4ccccc4)nc(-c4ccccc4)n3)c2)cc1.c1ccc(-c2cnc(N3c4ccccc4Sc4ccccc43)c(-c3nc(-c4ccccc4)nc(-c4ccccc4)n3)c2)cc1. The Balaban J connectivity index is 0.000000117. The van der Waals surface area contributed by atoms with Gasteiger partial charge in [0.1, 0.15) is 17.5 Å². The highest BCUT2D eigenvalue weighted by Crippen LogP contribution is 2.57. The molecule has 0 unspecified atom stereocenters. The van der Waals surface area contributed by atoms with Gasteiger partial charge in [0.25, 0.3) is 0 Å². The fourth-order valence-corrected chi connectivity index (χ4v) is 18.4. The lowest BCUT2D eigenvalue weighted by Crippen LogP contribution is -2.31. The van der Waals surface area contributed by atoms with Gasteiger partial charge in [0.05, 0.1) is 50.8 Å². The molecule has 9 heterocycles. The first-order valence-corrected chi connectivity index (χ1v) is 45.1. The van der Waals surface area contributed by atoms with Crippen LogP contribution in [0.1, 0.15) is 25.0 Å². The van der Waals surface area contributed by atoms with Gasteiger partial charge in [-0.3, -0.25) is 14.7 Å². The Hall–Kier alpha value is -17.7. The maximum atomic E-state index is 6.31. The van der Waals surface area contributed by atoms with E-state index in [0.29, 0.717) is 58.2 Å². The van der Waals surface area contributed by atoms with Crippen molar-refractivity contribution >= 4 is 63.3 Å². The zero-order valence-electron chi connectivity index (χ0n) is 72.8. The summed E-state index contributed by atoms with van der Waals surface area (Å²) in [6, 6.07) is 148. The van der Waals surface area contributed by atoms with Crippen molar-refractivity contribution in [1.29, 1.82) is 0 Å². The second-order valence-electron chi connectivity index (χ2n) is 32.7. The summed E-state index contributed by atoms with van der Waals surface area (Å²) < 4.78 is 6.31. The number of hydrogen-bond acceptors (Lipinski definition) is 17. The van der Waals surface area contributed by atoms with Crippen molar-refractivity contribution in [3.63, 3.8) is 0 Å². The molecule has 15 aromatic carbocycles. The smallest absolute Gasteiger partial charge is 0.167 e. The van der Waals surface area contributed by atoms with Gasteiger partial charge < -0.3 is 4.74 Å². The van der Waals surface area contributed by atoms with E-state index in [9.17, 15) is 0 Å². The van der Waals surface area contributed by atoms with Crippen LogP contribution in [0, 0.1) is 0 Å². The van der Waals surface area contributed by atoms with Crippen molar-refractivity contribution in [3.8, 4) is 147 Å². The minimum absolute atomic E-state index is 0.193. The first-order valence-electron chi connectivity index (χ1n) is 44.3. The van der Waals surface area contributed by atoms with Gasteiger partial charge >= 0.3 is 0 Å². The number of benzene rings is 15. The molecule has 0 atom stereocenters. The summed E-state index contributed by atoms with van der Waals surface area (Å²) in [5.41, 5.74) is 22.4. The van der Waals surface area contributed by atoms with Crippen LogP contribution in [0.2, 0.25) is 0 Å². The number of pyridine rings is 3. The van der Waals surface area contributed by atoms with Gasteiger partial charge in [-0.2, -0.15) is 0 Å². The van der Waals surface area contributed by atoms with E-state index in [1.54, 1.807) is 11.8 Å². The third-order valence-corrected chi connectivity index (χ3v) is 25.0. The van der Waals surface area contributed by atoms with Crippen LogP contribution >= 0.6 is 11.8 Å². The molecule has 0 amide bonds. The molecule has 0 bridgehead atoms. The fourth-order valence-electron chi connectivity index (χ4n) is 17.3. The summed E-state index contributed by atoms with van der Waals surface area (Å²) >= 11 is 1.77. The van der Waals surface area contributed by atoms with E-state index < -0.39 is 0 Å². The number of para-hydroxylation sites is 8. The molecular formula is C117H81N15OS. The third-order valence-electron chi connectivity index (χ3n) is 23.9. The minimum atomic E-state index is -0.193. The lowest BCUT2D eigenvalue weighted by atomic mass is 9.73. The van der Waals surface area contributed by atoms with Gasteiger partial charge in [0.15, 0.2) is 63.9 Å². The molecule has 636 valence electrons. The molecule has 17 heteroatoms.